The van der Waals surface area contributed by atoms with Gasteiger partial charge in [-0.3, -0.25) is 0 Å². The first-order valence-electron chi connectivity index (χ1n) is 6.30. The van der Waals surface area contributed by atoms with Crippen molar-refractivity contribution < 1.29 is 0 Å². The van der Waals surface area contributed by atoms with E-state index in [1.165, 1.54) is 35.0 Å². The molecule has 0 bridgehead atoms. The van der Waals surface area contributed by atoms with Crippen molar-refractivity contribution in [2.45, 2.75) is 50.5 Å². The Morgan fingerprint density at radius 3 is 2.71 bits per heavy atom. The molecule has 1 aromatic rings. The van der Waals surface area contributed by atoms with Crippen LogP contribution < -0.4 is 4.90 Å². The molecule has 0 aromatic heterocycles. The van der Waals surface area contributed by atoms with Crippen molar-refractivity contribution >= 4 is 37.5 Å². The second-order valence-electron chi connectivity index (χ2n) is 4.82. The van der Waals surface area contributed by atoms with E-state index in [9.17, 15) is 0 Å². The van der Waals surface area contributed by atoms with E-state index in [1.54, 1.807) is 0 Å². The highest BCUT2D eigenvalue weighted by atomic mass is 79.9. The third kappa shape index (κ3) is 2.70. The summed E-state index contributed by atoms with van der Waals surface area (Å²) in [5.41, 5.74) is 2.67. The Bertz CT molecular complexity index is 392. The van der Waals surface area contributed by atoms with Gasteiger partial charge in [0.1, 0.15) is 0 Å². The molecule has 1 aliphatic rings. The van der Waals surface area contributed by atoms with Gasteiger partial charge in [-0.2, -0.15) is 0 Å². The maximum Gasteiger partial charge on any atom is 0.0515 e. The first kappa shape index (κ1) is 13.4. The minimum Gasteiger partial charge on any atom is -0.365 e. The van der Waals surface area contributed by atoms with Gasteiger partial charge >= 0.3 is 0 Å². The highest BCUT2D eigenvalue weighted by molar-refractivity contribution is 9.10. The maximum atomic E-state index is 3.72. The van der Waals surface area contributed by atoms with Crippen LogP contribution in [0.15, 0.2) is 22.7 Å². The Morgan fingerprint density at radius 1 is 1.35 bits per heavy atom. The van der Waals surface area contributed by atoms with E-state index < -0.39 is 0 Å². The number of anilines is 1. The van der Waals surface area contributed by atoms with Gasteiger partial charge in [0.25, 0.3) is 0 Å². The van der Waals surface area contributed by atoms with Crippen LogP contribution in [-0.4, -0.2) is 12.1 Å². The van der Waals surface area contributed by atoms with Crippen LogP contribution in [0.25, 0.3) is 0 Å². The lowest BCUT2D eigenvalue weighted by Crippen LogP contribution is -2.34. The van der Waals surface area contributed by atoms with E-state index in [4.69, 9.17) is 0 Å². The zero-order chi connectivity index (χ0) is 12.4. The lowest BCUT2D eigenvalue weighted by molar-refractivity contribution is 0.627. The van der Waals surface area contributed by atoms with Crippen molar-refractivity contribution in [2.75, 3.05) is 4.90 Å². The standard InChI is InChI=1S/C14H19Br2N/c1-3-12-6-4-10(2)17(12)14-7-5-11(9-15)8-13(14)16/h5,7-8,10,12H,3-4,6,9H2,1-2H3. The van der Waals surface area contributed by atoms with Crippen LogP contribution in [0.2, 0.25) is 0 Å². The van der Waals surface area contributed by atoms with Crippen LogP contribution in [0.5, 0.6) is 0 Å². The van der Waals surface area contributed by atoms with Crippen LogP contribution in [0, 0.1) is 0 Å². The van der Waals surface area contributed by atoms with Crippen molar-refractivity contribution in [3.63, 3.8) is 0 Å². The van der Waals surface area contributed by atoms with E-state index >= 15 is 0 Å². The number of nitrogens with zero attached hydrogens (tertiary/aromatic N) is 1. The molecule has 0 radical (unpaired) electrons. The molecule has 2 atom stereocenters. The van der Waals surface area contributed by atoms with Gasteiger partial charge in [-0.1, -0.05) is 28.9 Å². The normalized spacial score (nSPS) is 24.4. The Morgan fingerprint density at radius 2 is 2.12 bits per heavy atom. The largest absolute Gasteiger partial charge is 0.365 e. The number of halogens is 2. The molecule has 0 saturated carbocycles. The summed E-state index contributed by atoms with van der Waals surface area (Å²) in [6, 6.07) is 8.06. The molecule has 0 spiro atoms. The maximum absolute atomic E-state index is 3.72. The monoisotopic (exact) mass is 359 g/mol. The van der Waals surface area contributed by atoms with Crippen molar-refractivity contribution in [3.05, 3.63) is 28.2 Å². The number of hydrogen-bond acceptors (Lipinski definition) is 1. The van der Waals surface area contributed by atoms with Crippen molar-refractivity contribution in [3.8, 4) is 0 Å². The summed E-state index contributed by atoms with van der Waals surface area (Å²) in [7, 11) is 0. The highest BCUT2D eigenvalue weighted by Crippen LogP contribution is 2.37. The average molecular weight is 361 g/mol. The van der Waals surface area contributed by atoms with Gasteiger partial charge in [0.05, 0.1) is 5.69 Å². The average Bonchev–Trinajstić information content (AvgIpc) is 2.70. The fourth-order valence-corrected chi connectivity index (χ4v) is 3.73. The molecule has 0 aliphatic carbocycles. The lowest BCUT2D eigenvalue weighted by atomic mass is 10.1. The molecule has 1 fully saturated rings. The molecule has 1 saturated heterocycles. The molecule has 1 aliphatic heterocycles. The van der Waals surface area contributed by atoms with Crippen LogP contribution in [0.3, 0.4) is 0 Å². The van der Waals surface area contributed by atoms with Gasteiger partial charge in [-0.05, 0) is 59.8 Å². The van der Waals surface area contributed by atoms with Gasteiger partial charge in [-0.25, -0.2) is 0 Å². The molecule has 1 nitrogen and oxygen atoms in total. The van der Waals surface area contributed by atoms with Gasteiger partial charge in [-0.15, -0.1) is 0 Å². The summed E-state index contributed by atoms with van der Waals surface area (Å²) < 4.78 is 1.22. The zero-order valence-corrected chi connectivity index (χ0v) is 13.6. The minimum atomic E-state index is 0.658. The number of rotatable bonds is 3. The Labute approximate surface area is 121 Å². The Hall–Kier alpha value is -0.0200. The summed E-state index contributed by atoms with van der Waals surface area (Å²) in [5.74, 6) is 0. The SMILES string of the molecule is CCC1CCC(C)N1c1ccc(CBr)cc1Br. The molecular formula is C14H19Br2N. The molecule has 0 amide bonds. The van der Waals surface area contributed by atoms with Crippen LogP contribution in [-0.2, 0) is 5.33 Å². The van der Waals surface area contributed by atoms with Crippen LogP contribution >= 0.6 is 31.9 Å². The Balaban J connectivity index is 2.32. The van der Waals surface area contributed by atoms with E-state index in [0.717, 1.165) is 5.33 Å². The van der Waals surface area contributed by atoms with E-state index in [0.29, 0.717) is 12.1 Å². The van der Waals surface area contributed by atoms with Gasteiger partial charge in [0, 0.05) is 21.9 Å². The first-order chi connectivity index (χ1) is 8.17. The molecule has 3 heteroatoms. The summed E-state index contributed by atoms with van der Waals surface area (Å²) in [6.07, 6.45) is 3.87. The van der Waals surface area contributed by atoms with E-state index in [-0.39, 0.29) is 0 Å². The topological polar surface area (TPSA) is 3.24 Å². The summed E-state index contributed by atoms with van der Waals surface area (Å²) in [4.78, 5) is 2.59. The molecule has 94 valence electrons. The molecular weight excluding hydrogens is 342 g/mol. The fraction of sp³-hybridized carbons (Fsp3) is 0.571. The van der Waals surface area contributed by atoms with Gasteiger partial charge < -0.3 is 4.90 Å². The van der Waals surface area contributed by atoms with Gasteiger partial charge in [0.15, 0.2) is 0 Å². The zero-order valence-electron chi connectivity index (χ0n) is 10.4. The molecule has 2 unspecified atom stereocenters. The summed E-state index contributed by atoms with van der Waals surface area (Å²) in [6.45, 7) is 4.62. The summed E-state index contributed by atoms with van der Waals surface area (Å²) in [5, 5.41) is 0.915. The van der Waals surface area contributed by atoms with E-state index in [1.807, 2.05) is 0 Å². The predicted molar refractivity (Wildman–Crippen MR) is 82.0 cm³/mol. The van der Waals surface area contributed by atoms with Crippen LogP contribution in [0.4, 0.5) is 5.69 Å². The van der Waals surface area contributed by atoms with Crippen LogP contribution in [0.1, 0.15) is 38.7 Å². The van der Waals surface area contributed by atoms with Gasteiger partial charge in [0.2, 0.25) is 0 Å². The molecule has 0 N–H and O–H groups in total. The molecule has 1 heterocycles. The third-order valence-electron chi connectivity index (χ3n) is 3.70. The number of benzene rings is 1. The minimum absolute atomic E-state index is 0.658. The number of alkyl halides is 1. The molecule has 1 aromatic carbocycles. The molecule has 2 rings (SSSR count). The number of hydrogen-bond donors (Lipinski definition) is 0. The van der Waals surface area contributed by atoms with E-state index in [2.05, 4.69) is 68.8 Å². The van der Waals surface area contributed by atoms with Crippen molar-refractivity contribution in [2.24, 2.45) is 0 Å². The predicted octanol–water partition coefficient (Wildman–Crippen LogP) is 5.11. The summed E-state index contributed by atoms with van der Waals surface area (Å²) >= 11 is 7.22. The third-order valence-corrected chi connectivity index (χ3v) is 4.98. The quantitative estimate of drug-likeness (QED) is 0.677. The molecule has 17 heavy (non-hydrogen) atoms. The second-order valence-corrected chi connectivity index (χ2v) is 6.23. The fourth-order valence-electron chi connectivity index (χ4n) is 2.75. The second kappa shape index (κ2) is 5.75. The van der Waals surface area contributed by atoms with Crippen molar-refractivity contribution in [1.82, 2.24) is 0 Å². The smallest absolute Gasteiger partial charge is 0.0515 e. The Kier molecular flexibility index (Phi) is 4.53. The lowest BCUT2D eigenvalue weighted by Gasteiger charge is -2.31. The highest BCUT2D eigenvalue weighted by Gasteiger charge is 2.30. The first-order valence-corrected chi connectivity index (χ1v) is 8.21. The van der Waals surface area contributed by atoms with Crippen molar-refractivity contribution in [1.29, 1.82) is 0 Å².